The Labute approximate surface area is 80.7 Å². The Morgan fingerprint density at radius 3 is 2.67 bits per heavy atom. The molecule has 0 amide bonds. The lowest BCUT2D eigenvalue weighted by atomic mass is 10.00. The molecule has 0 aromatic carbocycles. The van der Waals surface area contributed by atoms with Crippen molar-refractivity contribution in [3.63, 3.8) is 0 Å². The van der Waals surface area contributed by atoms with Gasteiger partial charge in [-0.15, -0.1) is 0 Å². The minimum atomic E-state index is 0.750. The highest BCUT2D eigenvalue weighted by molar-refractivity contribution is 7.98. The van der Waals surface area contributed by atoms with Gasteiger partial charge in [-0.25, -0.2) is 0 Å². The predicted octanol–water partition coefficient (Wildman–Crippen LogP) is 2.52. The van der Waals surface area contributed by atoms with E-state index in [1.54, 1.807) is 0 Å². The second-order valence-corrected chi connectivity index (χ2v) is 4.77. The van der Waals surface area contributed by atoms with Gasteiger partial charge in [-0.1, -0.05) is 12.8 Å². The van der Waals surface area contributed by atoms with Crippen molar-refractivity contribution in [2.45, 2.75) is 38.6 Å². The lowest BCUT2D eigenvalue weighted by Gasteiger charge is -2.19. The zero-order valence-electron chi connectivity index (χ0n) is 8.31. The Hall–Kier alpha value is 0.310. The van der Waals surface area contributed by atoms with E-state index >= 15 is 0 Å². The second kappa shape index (κ2) is 5.87. The first-order valence-electron chi connectivity index (χ1n) is 5.07. The summed E-state index contributed by atoms with van der Waals surface area (Å²) in [7, 11) is 0. The van der Waals surface area contributed by atoms with E-state index in [0.717, 1.165) is 12.0 Å². The zero-order chi connectivity index (χ0) is 8.81. The summed E-state index contributed by atoms with van der Waals surface area (Å²) in [5.41, 5.74) is 0. The van der Waals surface area contributed by atoms with Crippen LogP contribution in [0.5, 0.6) is 0 Å². The van der Waals surface area contributed by atoms with Crippen molar-refractivity contribution < 1.29 is 0 Å². The molecule has 1 aliphatic rings. The number of hydrogen-bond acceptors (Lipinski definition) is 2. The van der Waals surface area contributed by atoms with Crippen LogP contribution in [0.15, 0.2) is 0 Å². The van der Waals surface area contributed by atoms with Crippen molar-refractivity contribution in [2.24, 2.45) is 5.92 Å². The highest BCUT2D eigenvalue weighted by Crippen LogP contribution is 2.27. The normalized spacial score (nSPS) is 21.5. The lowest BCUT2D eigenvalue weighted by molar-refractivity contribution is 0.390. The van der Waals surface area contributed by atoms with Gasteiger partial charge in [0, 0.05) is 18.3 Å². The van der Waals surface area contributed by atoms with E-state index < -0.39 is 0 Å². The molecule has 0 aromatic heterocycles. The fourth-order valence-corrected chi connectivity index (χ4v) is 2.33. The van der Waals surface area contributed by atoms with Gasteiger partial charge in [0.15, 0.2) is 0 Å². The number of thioether (sulfide) groups is 1. The molecule has 12 heavy (non-hydrogen) atoms. The Balaban J connectivity index is 2.05. The van der Waals surface area contributed by atoms with Gasteiger partial charge in [0.25, 0.3) is 0 Å². The first kappa shape index (κ1) is 10.4. The van der Waals surface area contributed by atoms with Gasteiger partial charge in [0.05, 0.1) is 0 Å². The summed E-state index contributed by atoms with van der Waals surface area (Å²) in [5.74, 6) is 2.21. The first-order valence-corrected chi connectivity index (χ1v) is 6.46. The predicted molar refractivity (Wildman–Crippen MR) is 57.8 cm³/mol. The Morgan fingerprint density at radius 2 is 2.08 bits per heavy atom. The van der Waals surface area contributed by atoms with Crippen LogP contribution < -0.4 is 5.32 Å². The van der Waals surface area contributed by atoms with Crippen molar-refractivity contribution in [3.8, 4) is 0 Å². The van der Waals surface area contributed by atoms with Gasteiger partial charge in [-0.3, -0.25) is 0 Å². The summed E-state index contributed by atoms with van der Waals surface area (Å²) >= 11 is 1.92. The van der Waals surface area contributed by atoms with Crippen LogP contribution in [0.3, 0.4) is 0 Å². The maximum Gasteiger partial charge on any atom is 0.00673 e. The average molecular weight is 187 g/mol. The van der Waals surface area contributed by atoms with E-state index in [9.17, 15) is 0 Å². The van der Waals surface area contributed by atoms with Crippen LogP contribution in [0.4, 0.5) is 0 Å². The van der Waals surface area contributed by atoms with E-state index in [0.29, 0.717) is 0 Å². The Morgan fingerprint density at radius 1 is 1.42 bits per heavy atom. The fraction of sp³-hybridized carbons (Fsp3) is 1.00. The van der Waals surface area contributed by atoms with Crippen molar-refractivity contribution >= 4 is 11.8 Å². The van der Waals surface area contributed by atoms with Crippen molar-refractivity contribution in [1.29, 1.82) is 0 Å². The molecule has 72 valence electrons. The van der Waals surface area contributed by atoms with Crippen molar-refractivity contribution in [1.82, 2.24) is 5.32 Å². The van der Waals surface area contributed by atoms with Crippen LogP contribution in [0.25, 0.3) is 0 Å². The highest BCUT2D eigenvalue weighted by atomic mass is 32.2. The molecule has 2 heteroatoms. The van der Waals surface area contributed by atoms with Gasteiger partial charge >= 0.3 is 0 Å². The minimum Gasteiger partial charge on any atom is -0.313 e. The highest BCUT2D eigenvalue weighted by Gasteiger charge is 2.20. The van der Waals surface area contributed by atoms with E-state index in [-0.39, 0.29) is 0 Å². The van der Waals surface area contributed by atoms with Crippen LogP contribution >= 0.6 is 11.8 Å². The molecule has 0 heterocycles. The molecule has 1 fully saturated rings. The number of hydrogen-bond donors (Lipinski definition) is 1. The SMILES string of the molecule is CSCCN[C@@H](C)C1CCCC1. The average Bonchev–Trinajstić information content (AvgIpc) is 2.56. The molecule has 0 aromatic rings. The van der Waals surface area contributed by atoms with Crippen LogP contribution in [-0.2, 0) is 0 Å². The van der Waals surface area contributed by atoms with Gasteiger partial charge < -0.3 is 5.32 Å². The number of nitrogens with one attached hydrogen (secondary N) is 1. The standard InChI is InChI=1S/C10H21NS/c1-9(11-7-8-12-2)10-5-3-4-6-10/h9-11H,3-8H2,1-2H3/t9-/m0/s1. The maximum atomic E-state index is 3.60. The second-order valence-electron chi connectivity index (χ2n) is 3.78. The Kier molecular flexibility index (Phi) is 5.08. The summed E-state index contributed by atoms with van der Waals surface area (Å²) in [5, 5.41) is 3.60. The smallest absolute Gasteiger partial charge is 0.00673 e. The summed E-state index contributed by atoms with van der Waals surface area (Å²) in [6.45, 7) is 3.52. The lowest BCUT2D eigenvalue weighted by Crippen LogP contribution is -2.33. The summed E-state index contributed by atoms with van der Waals surface area (Å²) in [6, 6.07) is 0.750. The number of rotatable bonds is 5. The van der Waals surface area contributed by atoms with Gasteiger partial charge in [0.1, 0.15) is 0 Å². The molecule has 0 unspecified atom stereocenters. The molecule has 1 N–H and O–H groups in total. The third-order valence-corrected chi connectivity index (χ3v) is 3.49. The van der Waals surface area contributed by atoms with E-state index in [1.807, 2.05) is 11.8 Å². The third kappa shape index (κ3) is 3.36. The molecule has 1 rings (SSSR count). The first-order chi connectivity index (χ1) is 5.84. The van der Waals surface area contributed by atoms with Crippen molar-refractivity contribution in [2.75, 3.05) is 18.6 Å². The molecule has 0 bridgehead atoms. The quantitative estimate of drug-likeness (QED) is 0.664. The topological polar surface area (TPSA) is 12.0 Å². The molecule has 0 radical (unpaired) electrons. The fourth-order valence-electron chi connectivity index (χ4n) is 2.01. The molecule has 0 spiro atoms. The van der Waals surface area contributed by atoms with E-state index in [2.05, 4.69) is 18.5 Å². The summed E-state index contributed by atoms with van der Waals surface area (Å²) < 4.78 is 0. The zero-order valence-corrected chi connectivity index (χ0v) is 9.12. The van der Waals surface area contributed by atoms with Crippen LogP contribution in [0, 0.1) is 5.92 Å². The molecule has 1 aliphatic carbocycles. The molecular formula is C10H21NS. The van der Waals surface area contributed by atoms with E-state index in [1.165, 1.54) is 38.0 Å². The molecule has 1 saturated carbocycles. The third-order valence-electron chi connectivity index (χ3n) is 2.88. The molecule has 0 aliphatic heterocycles. The van der Waals surface area contributed by atoms with Crippen LogP contribution in [-0.4, -0.2) is 24.6 Å². The largest absolute Gasteiger partial charge is 0.313 e. The minimum absolute atomic E-state index is 0.750. The van der Waals surface area contributed by atoms with Gasteiger partial charge in [-0.05, 0) is 31.9 Å². The van der Waals surface area contributed by atoms with Crippen LogP contribution in [0.1, 0.15) is 32.6 Å². The van der Waals surface area contributed by atoms with Gasteiger partial charge in [0.2, 0.25) is 0 Å². The monoisotopic (exact) mass is 187 g/mol. The molecule has 1 atom stereocenters. The Bertz CT molecular complexity index is 110. The van der Waals surface area contributed by atoms with Gasteiger partial charge in [-0.2, -0.15) is 11.8 Å². The van der Waals surface area contributed by atoms with Crippen LogP contribution in [0.2, 0.25) is 0 Å². The maximum absolute atomic E-state index is 3.60. The van der Waals surface area contributed by atoms with Crippen molar-refractivity contribution in [3.05, 3.63) is 0 Å². The molecule has 1 nitrogen and oxygen atoms in total. The summed E-state index contributed by atoms with van der Waals surface area (Å²) in [6.07, 6.45) is 7.99. The summed E-state index contributed by atoms with van der Waals surface area (Å²) in [4.78, 5) is 0. The molecular weight excluding hydrogens is 166 g/mol. The molecule has 0 saturated heterocycles. The van der Waals surface area contributed by atoms with E-state index in [4.69, 9.17) is 0 Å².